The Morgan fingerprint density at radius 3 is 1.65 bits per heavy atom. The standard InChI is InChI=1S/C18H22O8/c1-11(2)17(21)25-15(19)9-23-13-6-5-7-14(8-13)24-10-16(20)26-18(22)12(3)4/h5-8,15-16,19-20H,1,3,9-10H2,2,4H3. The first-order chi connectivity index (χ1) is 12.2. The summed E-state index contributed by atoms with van der Waals surface area (Å²) in [5.41, 5.74) is 0.315. The van der Waals surface area contributed by atoms with Crippen LogP contribution in [-0.2, 0) is 19.1 Å². The topological polar surface area (TPSA) is 112 Å². The summed E-state index contributed by atoms with van der Waals surface area (Å²) in [4.78, 5) is 22.5. The lowest BCUT2D eigenvalue weighted by atomic mass is 10.3. The molecule has 0 fully saturated rings. The molecule has 0 radical (unpaired) electrons. The second kappa shape index (κ2) is 10.2. The van der Waals surface area contributed by atoms with Crippen LogP contribution in [0.1, 0.15) is 13.8 Å². The Balaban J connectivity index is 2.47. The number of hydrogen-bond acceptors (Lipinski definition) is 8. The van der Waals surface area contributed by atoms with Crippen molar-refractivity contribution < 1.29 is 38.7 Å². The first-order valence-electron chi connectivity index (χ1n) is 7.63. The summed E-state index contributed by atoms with van der Waals surface area (Å²) < 4.78 is 19.9. The molecule has 0 saturated carbocycles. The predicted molar refractivity (Wildman–Crippen MR) is 91.3 cm³/mol. The zero-order valence-electron chi connectivity index (χ0n) is 14.6. The van der Waals surface area contributed by atoms with Gasteiger partial charge in [0.15, 0.2) is 13.2 Å². The fourth-order valence-electron chi connectivity index (χ4n) is 1.51. The van der Waals surface area contributed by atoms with Crippen molar-refractivity contribution in [1.29, 1.82) is 0 Å². The van der Waals surface area contributed by atoms with Gasteiger partial charge in [-0.1, -0.05) is 19.2 Å². The minimum absolute atomic E-state index is 0.158. The van der Waals surface area contributed by atoms with Crippen LogP contribution < -0.4 is 9.47 Å². The molecule has 2 atom stereocenters. The fourth-order valence-corrected chi connectivity index (χ4v) is 1.51. The fraction of sp³-hybridized carbons (Fsp3) is 0.333. The molecule has 0 aliphatic rings. The minimum atomic E-state index is -1.45. The number of ether oxygens (including phenoxy) is 4. The Morgan fingerprint density at radius 1 is 0.923 bits per heavy atom. The van der Waals surface area contributed by atoms with Crippen LogP contribution in [0.5, 0.6) is 11.5 Å². The van der Waals surface area contributed by atoms with Crippen molar-refractivity contribution in [1.82, 2.24) is 0 Å². The van der Waals surface area contributed by atoms with Crippen molar-refractivity contribution in [3.8, 4) is 11.5 Å². The molecule has 142 valence electrons. The van der Waals surface area contributed by atoms with Gasteiger partial charge in [-0.3, -0.25) is 0 Å². The number of esters is 2. The molecule has 2 N–H and O–H groups in total. The summed E-state index contributed by atoms with van der Waals surface area (Å²) >= 11 is 0. The van der Waals surface area contributed by atoms with Crippen LogP contribution in [-0.4, -0.2) is 47.9 Å². The van der Waals surface area contributed by atoms with Crippen molar-refractivity contribution in [3.05, 3.63) is 48.6 Å². The number of hydrogen-bond donors (Lipinski definition) is 2. The third kappa shape index (κ3) is 7.82. The number of carbonyl (C=O) groups is 2. The van der Waals surface area contributed by atoms with Crippen molar-refractivity contribution >= 4 is 11.9 Å². The second-order valence-electron chi connectivity index (χ2n) is 5.38. The van der Waals surface area contributed by atoms with Gasteiger partial charge in [0.1, 0.15) is 11.5 Å². The Morgan fingerprint density at radius 2 is 1.31 bits per heavy atom. The normalized spacial score (nSPS) is 12.5. The molecule has 0 bridgehead atoms. The van der Waals surface area contributed by atoms with E-state index in [9.17, 15) is 19.8 Å². The zero-order chi connectivity index (χ0) is 19.7. The zero-order valence-corrected chi connectivity index (χ0v) is 14.6. The summed E-state index contributed by atoms with van der Waals surface area (Å²) in [6.07, 6.45) is -2.90. The summed E-state index contributed by atoms with van der Waals surface area (Å²) in [7, 11) is 0. The Hall–Kier alpha value is -2.84. The maximum Gasteiger partial charge on any atom is 0.335 e. The lowest BCUT2D eigenvalue weighted by molar-refractivity contribution is -0.168. The third-order valence-electron chi connectivity index (χ3n) is 2.77. The number of carbonyl (C=O) groups excluding carboxylic acids is 2. The van der Waals surface area contributed by atoms with E-state index in [-0.39, 0.29) is 24.4 Å². The molecule has 0 saturated heterocycles. The van der Waals surface area contributed by atoms with Crippen molar-refractivity contribution in [2.45, 2.75) is 26.4 Å². The Kier molecular flexibility index (Phi) is 8.33. The van der Waals surface area contributed by atoms with E-state index in [0.717, 1.165) is 0 Å². The van der Waals surface area contributed by atoms with Crippen LogP contribution in [0, 0.1) is 0 Å². The van der Waals surface area contributed by atoms with E-state index in [1.165, 1.54) is 19.9 Å². The maximum absolute atomic E-state index is 11.3. The van der Waals surface area contributed by atoms with Crippen LogP contribution >= 0.6 is 0 Å². The molecular weight excluding hydrogens is 344 g/mol. The van der Waals surface area contributed by atoms with E-state index in [1.54, 1.807) is 18.2 Å². The SMILES string of the molecule is C=C(C)C(=O)OC(O)COc1cccc(OCC(O)OC(=O)C(=C)C)c1. The highest BCUT2D eigenvalue weighted by Crippen LogP contribution is 2.20. The van der Waals surface area contributed by atoms with Gasteiger partial charge in [-0.2, -0.15) is 0 Å². The lowest BCUT2D eigenvalue weighted by Crippen LogP contribution is -2.25. The summed E-state index contributed by atoms with van der Waals surface area (Å²) in [6, 6.07) is 6.29. The first kappa shape index (κ1) is 21.2. The summed E-state index contributed by atoms with van der Waals surface area (Å²) in [6.45, 7) is 9.13. The molecule has 1 aromatic carbocycles. The van der Waals surface area contributed by atoms with E-state index in [0.29, 0.717) is 11.5 Å². The molecule has 0 aliphatic carbocycles. The van der Waals surface area contributed by atoms with Crippen LogP contribution in [0.3, 0.4) is 0 Å². The highest BCUT2D eigenvalue weighted by atomic mass is 16.7. The highest BCUT2D eigenvalue weighted by Gasteiger charge is 2.14. The molecule has 0 heterocycles. The second-order valence-corrected chi connectivity index (χ2v) is 5.38. The molecule has 26 heavy (non-hydrogen) atoms. The number of benzene rings is 1. The van der Waals surface area contributed by atoms with Gasteiger partial charge in [-0.05, 0) is 26.0 Å². The van der Waals surface area contributed by atoms with Crippen molar-refractivity contribution in [2.75, 3.05) is 13.2 Å². The lowest BCUT2D eigenvalue weighted by Gasteiger charge is -2.15. The predicted octanol–water partition coefficient (Wildman–Crippen LogP) is 1.32. The number of aliphatic hydroxyl groups is 2. The van der Waals surface area contributed by atoms with Gasteiger partial charge >= 0.3 is 11.9 Å². The largest absolute Gasteiger partial charge is 0.487 e. The molecule has 1 aromatic rings. The minimum Gasteiger partial charge on any atom is -0.487 e. The van der Waals surface area contributed by atoms with Crippen LogP contribution in [0.4, 0.5) is 0 Å². The average Bonchev–Trinajstić information content (AvgIpc) is 2.58. The molecule has 1 rings (SSSR count). The molecule has 0 amide bonds. The van der Waals surface area contributed by atoms with Crippen LogP contribution in [0.2, 0.25) is 0 Å². The highest BCUT2D eigenvalue weighted by molar-refractivity contribution is 5.87. The monoisotopic (exact) mass is 366 g/mol. The first-order valence-corrected chi connectivity index (χ1v) is 7.63. The van der Waals surface area contributed by atoms with E-state index in [1.807, 2.05) is 0 Å². The molecule has 2 unspecified atom stereocenters. The van der Waals surface area contributed by atoms with Gasteiger partial charge in [-0.25, -0.2) is 9.59 Å². The molecular formula is C18H22O8. The van der Waals surface area contributed by atoms with E-state index in [4.69, 9.17) is 9.47 Å². The van der Waals surface area contributed by atoms with E-state index in [2.05, 4.69) is 22.6 Å². The summed E-state index contributed by atoms with van der Waals surface area (Å²) in [5, 5.41) is 19.1. The molecule has 0 aromatic heterocycles. The summed E-state index contributed by atoms with van der Waals surface area (Å²) in [5.74, 6) is -0.782. The molecule has 8 nitrogen and oxygen atoms in total. The van der Waals surface area contributed by atoms with Crippen molar-refractivity contribution in [2.24, 2.45) is 0 Å². The third-order valence-corrected chi connectivity index (χ3v) is 2.77. The van der Waals surface area contributed by atoms with Gasteiger partial charge in [0.25, 0.3) is 0 Å². The van der Waals surface area contributed by atoms with Gasteiger partial charge in [0.2, 0.25) is 12.6 Å². The Bertz CT molecular complexity index is 614. The maximum atomic E-state index is 11.3. The average molecular weight is 366 g/mol. The van der Waals surface area contributed by atoms with E-state index >= 15 is 0 Å². The van der Waals surface area contributed by atoms with Gasteiger partial charge < -0.3 is 29.2 Å². The number of aliphatic hydroxyl groups excluding tert-OH is 2. The smallest absolute Gasteiger partial charge is 0.335 e. The van der Waals surface area contributed by atoms with Crippen LogP contribution in [0.15, 0.2) is 48.6 Å². The van der Waals surface area contributed by atoms with E-state index < -0.39 is 24.5 Å². The van der Waals surface area contributed by atoms with Crippen LogP contribution in [0.25, 0.3) is 0 Å². The number of rotatable bonds is 10. The van der Waals surface area contributed by atoms with Crippen molar-refractivity contribution in [3.63, 3.8) is 0 Å². The van der Waals surface area contributed by atoms with Gasteiger partial charge in [0, 0.05) is 17.2 Å². The van der Waals surface area contributed by atoms with Gasteiger partial charge in [0.05, 0.1) is 0 Å². The molecule has 0 spiro atoms. The van der Waals surface area contributed by atoms with Gasteiger partial charge in [-0.15, -0.1) is 0 Å². The molecule has 0 aliphatic heterocycles. The molecule has 8 heteroatoms. The quantitative estimate of drug-likeness (QED) is 0.362. The Labute approximate surface area is 151 Å².